The lowest BCUT2D eigenvalue weighted by molar-refractivity contribution is -0.143. The van der Waals surface area contributed by atoms with Crippen LogP contribution in [0.4, 0.5) is 0 Å². The maximum atomic E-state index is 14.1. The summed E-state index contributed by atoms with van der Waals surface area (Å²) >= 11 is 6.75. The van der Waals surface area contributed by atoms with Gasteiger partial charge in [-0.2, -0.15) is 0 Å². The number of ether oxygens (including phenoxy) is 1. The predicted octanol–water partition coefficient (Wildman–Crippen LogP) is 4.80. The van der Waals surface area contributed by atoms with Gasteiger partial charge in [0.15, 0.2) is 0 Å². The number of rotatable bonds is 7. The van der Waals surface area contributed by atoms with Gasteiger partial charge in [0, 0.05) is 55.5 Å². The van der Waals surface area contributed by atoms with Gasteiger partial charge in [0.05, 0.1) is 11.7 Å². The number of benzene rings is 1. The van der Waals surface area contributed by atoms with E-state index in [9.17, 15) is 9.59 Å². The maximum Gasteiger partial charge on any atom is 0.226 e. The van der Waals surface area contributed by atoms with E-state index in [2.05, 4.69) is 17.2 Å². The first-order valence-electron chi connectivity index (χ1n) is 14.3. The average molecular weight is 540 g/mol. The van der Waals surface area contributed by atoms with Gasteiger partial charge in [0.2, 0.25) is 11.8 Å². The highest BCUT2D eigenvalue weighted by Gasteiger charge is 2.41. The zero-order chi connectivity index (χ0) is 26.4. The number of carbonyl (C=O) groups excluding carboxylic acids is 2. The van der Waals surface area contributed by atoms with Crippen LogP contribution in [0.1, 0.15) is 92.8 Å². The summed E-state index contributed by atoms with van der Waals surface area (Å²) in [6, 6.07) is 3.54. The minimum Gasteiger partial charge on any atom is -0.487 e. The number of likely N-dealkylation sites (tertiary alicyclic amines) is 1. The Kier molecular flexibility index (Phi) is 7.10. The Hall–Kier alpha value is -2.61. The standard InChI is InChI=1S/C29H38ClN5O3/c1-18-6-3-4-7-20(18)29(37)35-15-13-21-22(30)11-12-25(27(21)24(35)16-34-14-5-8-26(34)36)38-17-23-28(19-9-10-19)33(2)32-31-23/h11-12,18-20,24H,3-10,13-17H2,1-2H3/t18-,20+,24+/m0/s1. The molecule has 6 rings (SSSR count). The van der Waals surface area contributed by atoms with Crippen molar-refractivity contribution in [1.82, 2.24) is 24.8 Å². The Morgan fingerprint density at radius 3 is 2.66 bits per heavy atom. The molecule has 0 bridgehead atoms. The van der Waals surface area contributed by atoms with Crippen LogP contribution >= 0.6 is 11.6 Å². The second-order valence-electron chi connectivity index (χ2n) is 11.7. The first-order chi connectivity index (χ1) is 18.4. The molecule has 9 heteroatoms. The molecule has 8 nitrogen and oxygen atoms in total. The van der Waals surface area contributed by atoms with Crippen LogP contribution in [0.5, 0.6) is 5.75 Å². The summed E-state index contributed by atoms with van der Waals surface area (Å²) in [7, 11) is 1.94. The molecular formula is C29H38ClN5O3. The van der Waals surface area contributed by atoms with E-state index < -0.39 is 0 Å². The highest BCUT2D eigenvalue weighted by molar-refractivity contribution is 6.31. The Morgan fingerprint density at radius 1 is 1.11 bits per heavy atom. The number of aromatic nitrogens is 3. The van der Waals surface area contributed by atoms with E-state index in [4.69, 9.17) is 16.3 Å². The molecule has 1 saturated heterocycles. The topological polar surface area (TPSA) is 80.6 Å². The van der Waals surface area contributed by atoms with Crippen molar-refractivity contribution in [3.63, 3.8) is 0 Å². The summed E-state index contributed by atoms with van der Waals surface area (Å²) in [5, 5.41) is 9.33. The fourth-order valence-electron chi connectivity index (χ4n) is 6.87. The number of hydrogen-bond donors (Lipinski definition) is 0. The third kappa shape index (κ3) is 4.80. The first-order valence-corrected chi connectivity index (χ1v) is 14.7. The van der Waals surface area contributed by atoms with Gasteiger partial charge in [-0.15, -0.1) is 5.10 Å². The van der Waals surface area contributed by atoms with Gasteiger partial charge >= 0.3 is 0 Å². The summed E-state index contributed by atoms with van der Waals surface area (Å²) in [6.07, 6.45) is 8.76. The summed E-state index contributed by atoms with van der Waals surface area (Å²) in [4.78, 5) is 30.7. The normalized spacial score (nSPS) is 25.6. The largest absolute Gasteiger partial charge is 0.487 e. The lowest BCUT2D eigenvalue weighted by atomic mass is 9.78. The lowest BCUT2D eigenvalue weighted by Crippen LogP contribution is -2.49. The monoisotopic (exact) mass is 539 g/mol. The molecule has 1 aromatic carbocycles. The number of aryl methyl sites for hydroxylation is 1. The van der Waals surface area contributed by atoms with Gasteiger partial charge in [0.25, 0.3) is 0 Å². The third-order valence-corrected chi connectivity index (χ3v) is 9.47. The summed E-state index contributed by atoms with van der Waals surface area (Å²) in [6.45, 7) is 4.35. The molecule has 2 aliphatic heterocycles. The van der Waals surface area contributed by atoms with E-state index in [1.165, 1.54) is 6.42 Å². The van der Waals surface area contributed by atoms with E-state index in [1.54, 1.807) is 0 Å². The fraction of sp³-hybridized carbons (Fsp3) is 0.655. The second kappa shape index (κ2) is 10.5. The summed E-state index contributed by atoms with van der Waals surface area (Å²) in [5.74, 6) is 2.02. The first kappa shape index (κ1) is 25.7. The highest BCUT2D eigenvalue weighted by atomic mass is 35.5. The zero-order valence-electron chi connectivity index (χ0n) is 22.5. The number of carbonyl (C=O) groups is 2. The van der Waals surface area contributed by atoms with E-state index >= 15 is 0 Å². The smallest absolute Gasteiger partial charge is 0.226 e. The predicted molar refractivity (Wildman–Crippen MR) is 144 cm³/mol. The average Bonchev–Trinajstić information content (AvgIpc) is 3.57. The van der Waals surface area contributed by atoms with Crippen molar-refractivity contribution < 1.29 is 14.3 Å². The number of fused-ring (bicyclic) bond motifs is 1. The van der Waals surface area contributed by atoms with Crippen LogP contribution in [-0.4, -0.2) is 56.2 Å². The van der Waals surface area contributed by atoms with Crippen LogP contribution in [0.2, 0.25) is 5.02 Å². The van der Waals surface area contributed by atoms with Gasteiger partial charge in [-0.3, -0.25) is 14.3 Å². The van der Waals surface area contributed by atoms with Crippen LogP contribution in [0.25, 0.3) is 0 Å². The molecule has 4 aliphatic rings. The highest BCUT2D eigenvalue weighted by Crippen LogP contribution is 2.44. The summed E-state index contributed by atoms with van der Waals surface area (Å²) in [5.41, 5.74) is 4.00. The molecule has 1 aromatic heterocycles. The minimum atomic E-state index is -0.277. The molecule has 2 aliphatic carbocycles. The maximum absolute atomic E-state index is 14.1. The van der Waals surface area contributed by atoms with Gasteiger partial charge in [-0.1, -0.05) is 36.6 Å². The van der Waals surface area contributed by atoms with Gasteiger partial charge in [0.1, 0.15) is 18.1 Å². The molecule has 2 saturated carbocycles. The van der Waals surface area contributed by atoms with Gasteiger partial charge in [-0.25, -0.2) is 0 Å². The van der Waals surface area contributed by atoms with Crippen molar-refractivity contribution in [2.75, 3.05) is 19.6 Å². The Balaban J connectivity index is 1.34. The lowest BCUT2D eigenvalue weighted by Gasteiger charge is -2.43. The zero-order valence-corrected chi connectivity index (χ0v) is 23.3. The van der Waals surface area contributed by atoms with Gasteiger partial charge < -0.3 is 14.5 Å². The molecule has 204 valence electrons. The van der Waals surface area contributed by atoms with Crippen LogP contribution in [0.3, 0.4) is 0 Å². The van der Waals surface area contributed by atoms with Crippen molar-refractivity contribution in [3.8, 4) is 5.75 Å². The molecule has 3 fully saturated rings. The minimum absolute atomic E-state index is 0.0336. The molecule has 38 heavy (non-hydrogen) atoms. The van der Waals surface area contributed by atoms with Crippen molar-refractivity contribution >= 4 is 23.4 Å². The van der Waals surface area contributed by atoms with Crippen molar-refractivity contribution in [2.24, 2.45) is 18.9 Å². The molecule has 0 spiro atoms. The Morgan fingerprint density at radius 2 is 1.92 bits per heavy atom. The van der Waals surface area contributed by atoms with E-state index in [1.807, 2.05) is 33.7 Å². The summed E-state index contributed by atoms with van der Waals surface area (Å²) < 4.78 is 8.34. The molecule has 0 radical (unpaired) electrons. The SMILES string of the molecule is C[C@H]1CCCC[C@H]1C(=O)N1CCc2c(Cl)ccc(OCc3nnn(C)c3C3CC3)c2[C@H]1CN1CCCC1=O. The third-order valence-electron chi connectivity index (χ3n) is 9.12. The molecule has 0 N–H and O–H groups in total. The quantitative estimate of drug-likeness (QED) is 0.505. The van der Waals surface area contributed by atoms with Crippen molar-refractivity contribution in [2.45, 2.75) is 83.3 Å². The molecule has 3 heterocycles. The van der Waals surface area contributed by atoms with E-state index in [-0.39, 0.29) is 23.8 Å². The van der Waals surface area contributed by atoms with E-state index in [0.29, 0.717) is 49.4 Å². The second-order valence-corrected chi connectivity index (χ2v) is 12.1. The molecular weight excluding hydrogens is 502 g/mol. The molecule has 2 aromatic rings. The number of amides is 2. The van der Waals surface area contributed by atoms with Crippen LogP contribution in [0, 0.1) is 11.8 Å². The van der Waals surface area contributed by atoms with E-state index in [0.717, 1.165) is 73.3 Å². The van der Waals surface area contributed by atoms with Crippen molar-refractivity contribution in [1.29, 1.82) is 0 Å². The van der Waals surface area contributed by atoms with Crippen LogP contribution in [0.15, 0.2) is 12.1 Å². The van der Waals surface area contributed by atoms with Crippen LogP contribution < -0.4 is 4.74 Å². The number of hydrogen-bond acceptors (Lipinski definition) is 5. The van der Waals surface area contributed by atoms with Gasteiger partial charge in [-0.05, 0) is 62.1 Å². The Labute approximate surface area is 229 Å². The molecule has 3 atom stereocenters. The molecule has 0 unspecified atom stereocenters. The Bertz CT molecular complexity index is 1230. The fourth-order valence-corrected chi connectivity index (χ4v) is 7.13. The van der Waals surface area contributed by atoms with Crippen molar-refractivity contribution in [3.05, 3.63) is 39.7 Å². The molecule has 2 amide bonds. The van der Waals surface area contributed by atoms with Crippen LogP contribution in [-0.2, 0) is 29.7 Å². The number of halogens is 1. The number of nitrogens with zero attached hydrogens (tertiary/aromatic N) is 5.